The zero-order valence-electron chi connectivity index (χ0n) is 27.0. The minimum atomic E-state index is -2.33. The lowest BCUT2D eigenvalue weighted by atomic mass is 9.71. The van der Waals surface area contributed by atoms with Crippen LogP contribution in [0.4, 0.5) is 0 Å². The number of furan rings is 1. The number of para-hydroxylation sites is 2. The fourth-order valence-electron chi connectivity index (χ4n) is 6.15. The highest BCUT2D eigenvalue weighted by molar-refractivity contribution is 6.12. The average molecular weight is 526 g/mol. The standard InChI is InChI=1S/C38H35NO/c1-25-23-28(26-17-20-38(2,3)21-18-26)15-16-30(25)29-19-22-39-35(24-29)34-14-8-13-33-32-12-7-11-31(36(32)40-37(33)34)27-9-5-4-6-10-27/h4-16,19,22-24,26H,17-18,20-21H2,1-3H3/i1D3,26D. The first-order valence-corrected chi connectivity index (χ1v) is 14.1. The summed E-state index contributed by atoms with van der Waals surface area (Å²) in [5.41, 5.74) is 7.95. The molecule has 1 fully saturated rings. The maximum Gasteiger partial charge on any atom is 0.144 e. The molecule has 2 heteroatoms. The first-order chi connectivity index (χ1) is 21.0. The van der Waals surface area contributed by atoms with Gasteiger partial charge in [-0.1, -0.05) is 92.7 Å². The highest BCUT2D eigenvalue weighted by atomic mass is 16.3. The van der Waals surface area contributed by atoms with Gasteiger partial charge in [0.05, 0.1) is 5.69 Å². The van der Waals surface area contributed by atoms with Crippen molar-refractivity contribution in [3.63, 3.8) is 0 Å². The molecule has 0 unspecified atom stereocenters. The van der Waals surface area contributed by atoms with Gasteiger partial charge in [-0.2, -0.15) is 0 Å². The summed E-state index contributed by atoms with van der Waals surface area (Å²) >= 11 is 0. The van der Waals surface area contributed by atoms with Crippen molar-refractivity contribution in [3.8, 4) is 33.5 Å². The smallest absolute Gasteiger partial charge is 0.144 e. The van der Waals surface area contributed by atoms with E-state index in [1.807, 2.05) is 54.6 Å². The molecular formula is C38H35NO. The quantitative estimate of drug-likeness (QED) is 0.229. The minimum Gasteiger partial charge on any atom is -0.455 e. The molecule has 0 bridgehead atoms. The summed E-state index contributed by atoms with van der Waals surface area (Å²) < 4.78 is 41.1. The van der Waals surface area contributed by atoms with E-state index in [2.05, 4.69) is 50.2 Å². The Kier molecular flexibility index (Phi) is 5.06. The summed E-state index contributed by atoms with van der Waals surface area (Å²) in [6.07, 6.45) is 5.10. The Balaban J connectivity index is 1.33. The van der Waals surface area contributed by atoms with Crippen LogP contribution in [0.2, 0.25) is 0 Å². The Morgan fingerprint density at radius 2 is 1.48 bits per heavy atom. The van der Waals surface area contributed by atoms with Gasteiger partial charge in [-0.15, -0.1) is 0 Å². The van der Waals surface area contributed by atoms with Gasteiger partial charge in [0.1, 0.15) is 11.2 Å². The van der Waals surface area contributed by atoms with E-state index in [9.17, 15) is 1.37 Å². The second kappa shape index (κ2) is 9.78. The third-order valence-electron chi connectivity index (χ3n) is 8.59. The lowest BCUT2D eigenvalue weighted by Crippen LogP contribution is -2.20. The summed E-state index contributed by atoms with van der Waals surface area (Å²) in [7, 11) is 0. The van der Waals surface area contributed by atoms with Crippen molar-refractivity contribution in [1.82, 2.24) is 4.98 Å². The van der Waals surface area contributed by atoms with E-state index < -0.39 is 12.7 Å². The summed E-state index contributed by atoms with van der Waals surface area (Å²) in [6.45, 7) is 2.17. The van der Waals surface area contributed by atoms with Crippen LogP contribution in [0, 0.1) is 12.3 Å². The molecule has 0 radical (unpaired) electrons. The van der Waals surface area contributed by atoms with Gasteiger partial charge >= 0.3 is 0 Å². The fraction of sp³-hybridized carbons (Fsp3) is 0.237. The highest BCUT2D eigenvalue weighted by Gasteiger charge is 2.27. The molecule has 198 valence electrons. The van der Waals surface area contributed by atoms with Crippen LogP contribution in [-0.4, -0.2) is 4.98 Å². The van der Waals surface area contributed by atoms with Gasteiger partial charge < -0.3 is 4.42 Å². The number of hydrogen-bond acceptors (Lipinski definition) is 2. The topological polar surface area (TPSA) is 26.0 Å². The van der Waals surface area contributed by atoms with Gasteiger partial charge in [-0.05, 0) is 89.9 Å². The van der Waals surface area contributed by atoms with Crippen molar-refractivity contribution >= 4 is 21.9 Å². The lowest BCUT2D eigenvalue weighted by Gasteiger charge is -2.34. The first kappa shape index (κ1) is 20.7. The number of benzene rings is 4. The zero-order valence-corrected chi connectivity index (χ0v) is 23.0. The lowest BCUT2D eigenvalue weighted by molar-refractivity contribution is 0.224. The number of nitrogens with zero attached hydrogens (tertiary/aromatic N) is 1. The Morgan fingerprint density at radius 3 is 2.23 bits per heavy atom. The van der Waals surface area contributed by atoms with Crippen molar-refractivity contribution in [1.29, 1.82) is 0 Å². The van der Waals surface area contributed by atoms with E-state index in [0.717, 1.165) is 75.4 Å². The summed E-state index contributed by atoms with van der Waals surface area (Å²) in [6, 6.07) is 31.9. The number of rotatable bonds is 4. The van der Waals surface area contributed by atoms with Crippen LogP contribution in [-0.2, 0) is 0 Å². The second-order valence-corrected chi connectivity index (χ2v) is 11.8. The first-order valence-electron chi connectivity index (χ1n) is 16.1. The van der Waals surface area contributed by atoms with Gasteiger partial charge in [-0.3, -0.25) is 4.98 Å². The average Bonchev–Trinajstić information content (AvgIpc) is 3.42. The van der Waals surface area contributed by atoms with Crippen LogP contribution >= 0.6 is 0 Å². The van der Waals surface area contributed by atoms with E-state index in [1.54, 1.807) is 12.3 Å². The van der Waals surface area contributed by atoms with Crippen LogP contribution in [0.15, 0.2) is 108 Å². The van der Waals surface area contributed by atoms with Crippen LogP contribution in [0.25, 0.3) is 55.4 Å². The molecule has 0 amide bonds. The molecule has 2 nitrogen and oxygen atoms in total. The van der Waals surface area contributed by atoms with Crippen molar-refractivity contribution in [3.05, 3.63) is 114 Å². The van der Waals surface area contributed by atoms with E-state index in [4.69, 9.17) is 13.5 Å². The van der Waals surface area contributed by atoms with Gasteiger partial charge in [-0.25, -0.2) is 0 Å². The van der Waals surface area contributed by atoms with E-state index in [-0.39, 0.29) is 11.0 Å². The number of aryl methyl sites for hydroxylation is 1. The second-order valence-electron chi connectivity index (χ2n) is 11.8. The van der Waals surface area contributed by atoms with Crippen molar-refractivity contribution < 1.29 is 9.90 Å². The molecule has 1 aliphatic carbocycles. The van der Waals surface area contributed by atoms with Crippen molar-refractivity contribution in [2.24, 2.45) is 5.41 Å². The molecule has 0 spiro atoms. The SMILES string of the molecule is [2H]C([2H])([2H])c1cc(C2([2H])CCC(C)(C)CC2)ccc1-c1ccnc(-c2cccc3c2oc2c(-c4ccccc4)cccc23)c1. The fourth-order valence-corrected chi connectivity index (χ4v) is 6.15. The largest absolute Gasteiger partial charge is 0.455 e. The Labute approximate surface area is 242 Å². The van der Waals surface area contributed by atoms with E-state index in [1.165, 1.54) is 0 Å². The predicted molar refractivity (Wildman–Crippen MR) is 168 cm³/mol. The van der Waals surface area contributed by atoms with Crippen molar-refractivity contribution in [2.45, 2.75) is 52.3 Å². The van der Waals surface area contributed by atoms with Crippen molar-refractivity contribution in [2.75, 3.05) is 0 Å². The third-order valence-corrected chi connectivity index (χ3v) is 8.59. The van der Waals surface area contributed by atoms with Crippen LogP contribution < -0.4 is 0 Å². The van der Waals surface area contributed by atoms with Gasteiger partial charge in [0.2, 0.25) is 0 Å². The van der Waals surface area contributed by atoms with Crippen LogP contribution in [0.5, 0.6) is 0 Å². The molecule has 0 N–H and O–H groups in total. The summed E-state index contributed by atoms with van der Waals surface area (Å²) in [5.74, 6) is -0.771. The molecule has 2 heterocycles. The zero-order chi connectivity index (χ0) is 30.7. The Morgan fingerprint density at radius 1 is 0.750 bits per heavy atom. The van der Waals surface area contributed by atoms with E-state index in [0.29, 0.717) is 11.3 Å². The van der Waals surface area contributed by atoms with E-state index >= 15 is 0 Å². The molecule has 1 saturated carbocycles. The summed E-state index contributed by atoms with van der Waals surface area (Å²) in [5, 5.41) is 2.04. The maximum absolute atomic E-state index is 9.25. The van der Waals surface area contributed by atoms with Crippen LogP contribution in [0.1, 0.15) is 62.0 Å². The predicted octanol–water partition coefficient (Wildman–Crippen LogP) is 11.0. The van der Waals surface area contributed by atoms with Gasteiger partial charge in [0, 0.05) is 33.6 Å². The Hall–Kier alpha value is -4.17. The van der Waals surface area contributed by atoms with Crippen LogP contribution in [0.3, 0.4) is 0 Å². The minimum absolute atomic E-state index is 0.219. The molecule has 40 heavy (non-hydrogen) atoms. The summed E-state index contributed by atoms with van der Waals surface area (Å²) in [4.78, 5) is 4.71. The third kappa shape index (κ3) is 4.42. The molecule has 1 aliphatic rings. The number of pyridine rings is 1. The normalized spacial score (nSPS) is 18.1. The monoisotopic (exact) mass is 525 g/mol. The Bertz CT molecular complexity index is 2000. The molecular weight excluding hydrogens is 486 g/mol. The molecule has 4 aromatic carbocycles. The molecule has 0 aliphatic heterocycles. The van der Waals surface area contributed by atoms with Gasteiger partial charge in [0.15, 0.2) is 0 Å². The molecule has 6 aromatic rings. The van der Waals surface area contributed by atoms with Gasteiger partial charge in [0.25, 0.3) is 0 Å². The maximum atomic E-state index is 9.25. The highest BCUT2D eigenvalue weighted by Crippen LogP contribution is 2.44. The molecule has 0 atom stereocenters. The number of hydrogen-bond donors (Lipinski definition) is 0. The molecule has 2 aromatic heterocycles. The number of aromatic nitrogens is 1. The molecule has 0 saturated heterocycles. The number of fused-ring (bicyclic) bond motifs is 3. The molecule has 7 rings (SSSR count).